The number of quaternary nitrogens is 1. The maximum atomic E-state index is 10.00. The summed E-state index contributed by atoms with van der Waals surface area (Å²) in [5.41, 5.74) is 1.92. The molecule has 0 radical (unpaired) electrons. The second-order valence-electron chi connectivity index (χ2n) is 1.12. The molecule has 0 saturated carbocycles. The molecule has 5 nitrogen and oxygen atoms in total. The molecular formula is C2H4N2O3. The van der Waals surface area contributed by atoms with Crippen LogP contribution in [-0.4, -0.2) is 12.5 Å². The summed E-state index contributed by atoms with van der Waals surface area (Å²) in [6.45, 7) is -0.126. The van der Waals surface area contributed by atoms with Crippen LogP contribution < -0.4 is 10.8 Å². The first-order valence-corrected chi connectivity index (χ1v) is 1.75. The number of nitrogens with one attached hydrogen (secondary N) is 2. The molecule has 0 aromatic rings. The average Bonchev–Trinajstić information content (AvgIpc) is 1.87. The van der Waals surface area contributed by atoms with E-state index in [1.807, 2.05) is 5.43 Å². The number of rotatable bonds is 0. The van der Waals surface area contributed by atoms with Crippen molar-refractivity contribution in [1.29, 1.82) is 0 Å². The molecule has 1 heterocycles. The van der Waals surface area contributed by atoms with E-state index in [2.05, 4.69) is 4.84 Å². The summed E-state index contributed by atoms with van der Waals surface area (Å²) in [4.78, 5) is 14.2. The third-order valence-corrected chi connectivity index (χ3v) is 0.576. The van der Waals surface area contributed by atoms with Crippen molar-refractivity contribution in [3.63, 3.8) is 0 Å². The molecule has 1 saturated heterocycles. The fourth-order valence-electron chi connectivity index (χ4n) is 0.317. The first-order chi connectivity index (χ1) is 3.29. The molecule has 0 aliphatic carbocycles. The van der Waals surface area contributed by atoms with Crippen LogP contribution in [0.2, 0.25) is 0 Å². The smallest absolute Gasteiger partial charge is 0.300 e. The largest absolute Gasteiger partial charge is 0.574 e. The third kappa shape index (κ3) is 0.861. The molecule has 0 aromatic heterocycles. The summed E-state index contributed by atoms with van der Waals surface area (Å²) in [5, 5.41) is 9.25. The van der Waals surface area contributed by atoms with Gasteiger partial charge in [-0.25, -0.2) is 0 Å². The van der Waals surface area contributed by atoms with Crippen LogP contribution in [-0.2, 0) is 9.63 Å². The van der Waals surface area contributed by atoms with Gasteiger partial charge in [-0.15, -0.1) is 5.34 Å². The number of carbonyl (C=O) groups is 1. The van der Waals surface area contributed by atoms with Gasteiger partial charge in [0, 0.05) is 0 Å². The van der Waals surface area contributed by atoms with Gasteiger partial charge in [0.1, 0.15) is 0 Å². The van der Waals surface area contributed by atoms with Crippen molar-refractivity contribution in [2.75, 3.05) is 6.61 Å². The highest BCUT2D eigenvalue weighted by atomic mass is 16.9. The minimum atomic E-state index is -0.648. The molecule has 7 heavy (non-hydrogen) atoms. The first-order valence-electron chi connectivity index (χ1n) is 1.75. The van der Waals surface area contributed by atoms with Crippen molar-refractivity contribution >= 4 is 5.91 Å². The van der Waals surface area contributed by atoms with E-state index in [1.54, 1.807) is 0 Å². The summed E-state index contributed by atoms with van der Waals surface area (Å²) < 4.78 is 0. The highest BCUT2D eigenvalue weighted by Gasteiger charge is 2.15. The normalized spacial score (nSPS) is 30.4. The van der Waals surface area contributed by atoms with E-state index in [4.69, 9.17) is 0 Å². The molecule has 1 rings (SSSR count). The van der Waals surface area contributed by atoms with E-state index in [1.165, 1.54) is 0 Å². The molecular weight excluding hydrogens is 100 g/mol. The van der Waals surface area contributed by atoms with Crippen molar-refractivity contribution in [1.82, 2.24) is 5.43 Å². The summed E-state index contributed by atoms with van der Waals surface area (Å²) in [6, 6.07) is 0. The topological polar surface area (TPSA) is 65.8 Å². The quantitative estimate of drug-likeness (QED) is 0.330. The maximum Gasteiger partial charge on any atom is 0.300 e. The second kappa shape index (κ2) is 1.45. The predicted octanol–water partition coefficient (Wildman–Crippen LogP) is -2.65. The van der Waals surface area contributed by atoms with Crippen LogP contribution in [0.1, 0.15) is 0 Å². The molecule has 0 aromatic carbocycles. The fourth-order valence-corrected chi connectivity index (χ4v) is 0.317. The zero-order valence-corrected chi connectivity index (χ0v) is 3.43. The van der Waals surface area contributed by atoms with Gasteiger partial charge in [0.15, 0.2) is 6.61 Å². The molecule has 5 heteroatoms. The zero-order valence-electron chi connectivity index (χ0n) is 3.43. The van der Waals surface area contributed by atoms with Crippen molar-refractivity contribution in [2.24, 2.45) is 0 Å². The number of amides is 1. The standard InChI is InChI=1S/C2H4N2O3/c5-2-1-7-4(6)3-2/h4H,1H2,(H,3,5). The summed E-state index contributed by atoms with van der Waals surface area (Å²) >= 11 is 0. The number of hydrogen-bond donors (Lipinski definition) is 2. The summed E-state index contributed by atoms with van der Waals surface area (Å²) in [7, 11) is 0. The molecule has 0 bridgehead atoms. The van der Waals surface area contributed by atoms with Gasteiger partial charge >= 0.3 is 0 Å². The third-order valence-electron chi connectivity index (χ3n) is 0.576. The van der Waals surface area contributed by atoms with E-state index >= 15 is 0 Å². The predicted molar refractivity (Wildman–Crippen MR) is 18.4 cm³/mol. The molecule has 1 atom stereocenters. The van der Waals surface area contributed by atoms with Crippen molar-refractivity contribution in [2.45, 2.75) is 0 Å². The monoisotopic (exact) mass is 104 g/mol. The van der Waals surface area contributed by atoms with Gasteiger partial charge in [0.25, 0.3) is 5.91 Å². The Morgan fingerprint density at radius 3 is 2.86 bits per heavy atom. The maximum absolute atomic E-state index is 10.00. The Morgan fingerprint density at radius 1 is 2.00 bits per heavy atom. The number of carbonyl (C=O) groups excluding carboxylic acids is 1. The Kier molecular flexibility index (Phi) is 0.935. The van der Waals surface area contributed by atoms with Crippen LogP contribution >= 0.6 is 0 Å². The van der Waals surface area contributed by atoms with Crippen LogP contribution in [0.15, 0.2) is 0 Å². The van der Waals surface area contributed by atoms with Gasteiger partial charge in [0.05, 0.1) is 0 Å². The minimum absolute atomic E-state index is 0.126. The number of hydrogen-bond acceptors (Lipinski definition) is 3. The van der Waals surface area contributed by atoms with Crippen LogP contribution in [0.5, 0.6) is 0 Å². The lowest BCUT2D eigenvalue weighted by molar-refractivity contribution is -1.07. The summed E-state index contributed by atoms with van der Waals surface area (Å²) in [5.74, 6) is -0.370. The van der Waals surface area contributed by atoms with E-state index < -0.39 is 5.34 Å². The lowest BCUT2D eigenvalue weighted by atomic mass is 10.7. The Balaban J connectivity index is 2.40. The van der Waals surface area contributed by atoms with Crippen molar-refractivity contribution < 1.29 is 15.0 Å². The van der Waals surface area contributed by atoms with Crippen LogP contribution in [0.25, 0.3) is 0 Å². The van der Waals surface area contributed by atoms with Gasteiger partial charge in [-0.2, -0.15) is 10.3 Å². The molecule has 1 aliphatic heterocycles. The van der Waals surface area contributed by atoms with Gasteiger partial charge in [-0.05, 0) is 0 Å². The highest BCUT2D eigenvalue weighted by Crippen LogP contribution is 1.66. The summed E-state index contributed by atoms with van der Waals surface area (Å²) in [6.07, 6.45) is 0. The fraction of sp³-hybridized carbons (Fsp3) is 0.500. The second-order valence-corrected chi connectivity index (χ2v) is 1.12. The van der Waals surface area contributed by atoms with Gasteiger partial charge in [-0.1, -0.05) is 0 Å². The molecule has 40 valence electrons. The van der Waals surface area contributed by atoms with Crippen molar-refractivity contribution in [3.8, 4) is 0 Å². The van der Waals surface area contributed by atoms with Gasteiger partial charge in [-0.3, -0.25) is 4.79 Å². The molecule has 2 N–H and O–H groups in total. The lowest BCUT2D eigenvalue weighted by Gasteiger charge is -2.06. The lowest BCUT2D eigenvalue weighted by Crippen LogP contribution is -3.10. The van der Waals surface area contributed by atoms with Crippen LogP contribution in [0.3, 0.4) is 0 Å². The van der Waals surface area contributed by atoms with Gasteiger partial charge < -0.3 is 5.21 Å². The SMILES string of the molecule is O=C1CO[NH+]([O-])N1. The van der Waals surface area contributed by atoms with E-state index in [0.29, 0.717) is 0 Å². The molecule has 1 fully saturated rings. The molecule has 1 aliphatic rings. The first kappa shape index (κ1) is 4.51. The molecule has 1 amide bonds. The van der Waals surface area contributed by atoms with Crippen LogP contribution in [0.4, 0.5) is 0 Å². The Labute approximate surface area is 39.4 Å². The minimum Gasteiger partial charge on any atom is -0.574 e. The Hall–Kier alpha value is -0.650. The van der Waals surface area contributed by atoms with E-state index in [-0.39, 0.29) is 12.5 Å². The average molecular weight is 104 g/mol. The van der Waals surface area contributed by atoms with E-state index in [0.717, 1.165) is 0 Å². The van der Waals surface area contributed by atoms with Gasteiger partial charge in [0.2, 0.25) is 0 Å². The molecule has 1 unspecified atom stereocenters. The Morgan fingerprint density at radius 2 is 2.71 bits per heavy atom. The Bertz CT molecular complexity index is 92.9. The molecule has 0 spiro atoms. The van der Waals surface area contributed by atoms with Crippen LogP contribution in [0, 0.1) is 5.21 Å². The highest BCUT2D eigenvalue weighted by molar-refractivity contribution is 5.76. The zero-order chi connectivity index (χ0) is 5.28. The van der Waals surface area contributed by atoms with E-state index in [9.17, 15) is 10.0 Å². The van der Waals surface area contributed by atoms with Crippen molar-refractivity contribution in [3.05, 3.63) is 5.21 Å².